The van der Waals surface area contributed by atoms with E-state index in [0.29, 0.717) is 24.1 Å². The fourth-order valence-electron chi connectivity index (χ4n) is 4.13. The Morgan fingerprint density at radius 2 is 2.03 bits per heavy atom. The van der Waals surface area contributed by atoms with E-state index in [4.69, 9.17) is 4.74 Å². The van der Waals surface area contributed by atoms with E-state index in [2.05, 4.69) is 20.9 Å². The van der Waals surface area contributed by atoms with Crippen molar-refractivity contribution in [1.82, 2.24) is 16.0 Å². The van der Waals surface area contributed by atoms with Crippen LogP contribution in [0, 0.1) is 12.7 Å². The Hall–Kier alpha value is -3.72. The second kappa shape index (κ2) is 11.6. The van der Waals surface area contributed by atoms with Gasteiger partial charge in [0.25, 0.3) is 5.91 Å². The molecule has 0 atom stereocenters. The van der Waals surface area contributed by atoms with Gasteiger partial charge in [0.05, 0.1) is 5.54 Å². The molecule has 2 aliphatic rings. The number of rotatable bonds is 12. The maximum absolute atomic E-state index is 14.6. The summed E-state index contributed by atoms with van der Waals surface area (Å²) in [5.74, 6) is 0.234. The van der Waals surface area contributed by atoms with Gasteiger partial charge in [0.15, 0.2) is 12.1 Å². The van der Waals surface area contributed by atoms with Gasteiger partial charge in [-0.2, -0.15) is 0 Å². The van der Waals surface area contributed by atoms with E-state index in [1.165, 1.54) is 12.3 Å². The topological polar surface area (TPSA) is 95.1 Å². The molecule has 37 heavy (non-hydrogen) atoms. The standard InChI is InChI=1S/C28H34FN5O3/c1-19-23(29)16-20(27(36)32-21-8-9-21)17-24(19)34(3)14-12-31-26(18-35)33-28(10-11-28)22-6-4-5-7-25(22)37-15-13-30-2/h4-7,12,14,16-18,21,30H,8-11,13,15H2,1-3H3,(H,31,33)(H,32,36)/b14-12-. The molecule has 3 N–H and O–H groups in total. The summed E-state index contributed by atoms with van der Waals surface area (Å²) in [7, 11) is 3.61. The summed E-state index contributed by atoms with van der Waals surface area (Å²) >= 11 is 0. The van der Waals surface area contributed by atoms with Gasteiger partial charge < -0.3 is 25.6 Å². The van der Waals surface area contributed by atoms with Gasteiger partial charge in [-0.05, 0) is 57.9 Å². The van der Waals surface area contributed by atoms with Gasteiger partial charge in [-0.15, -0.1) is 0 Å². The summed E-state index contributed by atoms with van der Waals surface area (Å²) in [4.78, 5) is 30.2. The summed E-state index contributed by atoms with van der Waals surface area (Å²) < 4.78 is 20.5. The number of amidine groups is 1. The number of likely N-dealkylation sites (N-methyl/N-ethyl adjacent to an activating group) is 1. The lowest BCUT2D eigenvalue weighted by Crippen LogP contribution is -2.36. The third-order valence-electron chi connectivity index (χ3n) is 6.62. The number of anilines is 1. The molecule has 2 fully saturated rings. The predicted molar refractivity (Wildman–Crippen MR) is 143 cm³/mol. The Bertz CT molecular complexity index is 1200. The molecular weight excluding hydrogens is 473 g/mol. The van der Waals surface area contributed by atoms with Crippen LogP contribution in [0.5, 0.6) is 5.75 Å². The second-order valence-corrected chi connectivity index (χ2v) is 9.55. The lowest BCUT2D eigenvalue weighted by molar-refractivity contribution is -0.103. The highest BCUT2D eigenvalue weighted by molar-refractivity contribution is 6.27. The molecule has 196 valence electrons. The van der Waals surface area contributed by atoms with E-state index in [9.17, 15) is 14.0 Å². The molecule has 0 unspecified atom stereocenters. The molecule has 2 aromatic rings. The normalized spacial score (nSPS) is 16.4. The molecule has 0 spiro atoms. The number of carbonyl (C=O) groups excluding carboxylic acids is 2. The number of halogens is 1. The van der Waals surface area contributed by atoms with Crippen molar-refractivity contribution in [3.63, 3.8) is 0 Å². The van der Waals surface area contributed by atoms with E-state index >= 15 is 0 Å². The van der Waals surface area contributed by atoms with Crippen LogP contribution in [0.25, 0.3) is 0 Å². The van der Waals surface area contributed by atoms with Gasteiger partial charge in [0.2, 0.25) is 0 Å². The molecule has 1 amide bonds. The molecular formula is C28H34FN5O3. The summed E-state index contributed by atoms with van der Waals surface area (Å²) in [6, 6.07) is 10.9. The molecule has 0 saturated heterocycles. The van der Waals surface area contributed by atoms with Crippen LogP contribution in [0.4, 0.5) is 10.1 Å². The van der Waals surface area contributed by atoms with Crippen LogP contribution in [-0.4, -0.2) is 51.3 Å². The zero-order valence-corrected chi connectivity index (χ0v) is 21.5. The molecule has 2 saturated carbocycles. The minimum atomic E-state index is -0.455. The summed E-state index contributed by atoms with van der Waals surface area (Å²) in [5.41, 5.74) is 1.82. The second-order valence-electron chi connectivity index (χ2n) is 9.55. The Kier molecular flexibility index (Phi) is 8.23. The Balaban J connectivity index is 1.47. The van der Waals surface area contributed by atoms with Crippen molar-refractivity contribution in [1.29, 1.82) is 0 Å². The minimum absolute atomic E-state index is 0.183. The van der Waals surface area contributed by atoms with Crippen LogP contribution in [-0.2, 0) is 10.3 Å². The molecule has 0 aromatic heterocycles. The van der Waals surface area contributed by atoms with Crippen LogP contribution in [0.1, 0.15) is 47.2 Å². The van der Waals surface area contributed by atoms with Crippen LogP contribution in [0.2, 0.25) is 0 Å². The van der Waals surface area contributed by atoms with Gasteiger partial charge >= 0.3 is 0 Å². The van der Waals surface area contributed by atoms with Crippen LogP contribution >= 0.6 is 0 Å². The number of carbonyl (C=O) groups is 2. The van der Waals surface area contributed by atoms with Crippen molar-refractivity contribution in [2.24, 2.45) is 4.99 Å². The third kappa shape index (κ3) is 6.54. The Morgan fingerprint density at radius 1 is 1.27 bits per heavy atom. The predicted octanol–water partition coefficient (Wildman–Crippen LogP) is 3.41. The first kappa shape index (κ1) is 26.3. The molecule has 9 heteroatoms. The van der Waals surface area contributed by atoms with Crippen LogP contribution in [0.3, 0.4) is 0 Å². The first-order chi connectivity index (χ1) is 17.9. The largest absolute Gasteiger partial charge is 0.492 e. The molecule has 0 heterocycles. The number of amides is 1. The summed E-state index contributed by atoms with van der Waals surface area (Å²) in [6.07, 6.45) is 7.41. The monoisotopic (exact) mass is 507 g/mol. The zero-order chi connectivity index (χ0) is 26.4. The fraction of sp³-hybridized carbons (Fsp3) is 0.393. The molecule has 8 nitrogen and oxygen atoms in total. The molecule has 0 radical (unpaired) electrons. The molecule has 2 aromatic carbocycles. The van der Waals surface area contributed by atoms with Gasteiger partial charge in [0.1, 0.15) is 18.2 Å². The van der Waals surface area contributed by atoms with Crippen molar-refractivity contribution >= 4 is 23.7 Å². The van der Waals surface area contributed by atoms with E-state index < -0.39 is 11.4 Å². The number of aldehydes is 1. The number of benzene rings is 2. The van der Waals surface area contributed by atoms with E-state index in [1.54, 1.807) is 31.1 Å². The average Bonchev–Trinajstić information content (AvgIpc) is 3.83. The SMILES string of the molecule is CNCCOc1ccccc1C1(N/C(C=O)=N/C=C\N(C)c2cc(C(=O)NC3CC3)cc(F)c2C)CC1. The first-order valence-electron chi connectivity index (χ1n) is 12.6. The van der Waals surface area contributed by atoms with Crippen molar-refractivity contribution in [3.8, 4) is 5.75 Å². The van der Waals surface area contributed by atoms with Gasteiger partial charge in [-0.3, -0.25) is 9.59 Å². The fourth-order valence-corrected chi connectivity index (χ4v) is 4.13. The van der Waals surface area contributed by atoms with Crippen molar-refractivity contribution < 1.29 is 18.7 Å². The first-order valence-corrected chi connectivity index (χ1v) is 12.6. The molecule has 0 bridgehead atoms. The lowest BCUT2D eigenvalue weighted by Gasteiger charge is -2.21. The Morgan fingerprint density at radius 3 is 2.70 bits per heavy atom. The quantitative estimate of drug-likeness (QED) is 0.176. The highest BCUT2D eigenvalue weighted by atomic mass is 19.1. The number of aliphatic imine (C=N–C) groups is 1. The molecule has 2 aliphatic carbocycles. The number of hydrogen-bond acceptors (Lipinski definition) is 6. The van der Waals surface area contributed by atoms with Crippen LogP contribution < -0.4 is 25.6 Å². The maximum Gasteiger partial charge on any atom is 0.251 e. The van der Waals surface area contributed by atoms with Crippen molar-refractivity contribution in [2.45, 2.75) is 44.2 Å². The van der Waals surface area contributed by atoms with E-state index in [0.717, 1.165) is 43.5 Å². The number of ether oxygens (including phenoxy) is 1. The van der Waals surface area contributed by atoms with Gasteiger partial charge in [-0.1, -0.05) is 18.2 Å². The average molecular weight is 508 g/mol. The smallest absolute Gasteiger partial charge is 0.251 e. The van der Waals surface area contributed by atoms with Gasteiger partial charge in [-0.25, -0.2) is 9.38 Å². The minimum Gasteiger partial charge on any atom is -0.492 e. The summed E-state index contributed by atoms with van der Waals surface area (Å²) in [6.45, 7) is 2.93. The zero-order valence-electron chi connectivity index (χ0n) is 21.5. The lowest BCUT2D eigenvalue weighted by atomic mass is 10.0. The number of nitrogens with one attached hydrogen (secondary N) is 3. The molecule has 4 rings (SSSR count). The number of hydrogen-bond donors (Lipinski definition) is 3. The van der Waals surface area contributed by atoms with Crippen LogP contribution in [0.15, 0.2) is 53.8 Å². The number of nitrogens with zero attached hydrogens (tertiary/aromatic N) is 2. The maximum atomic E-state index is 14.6. The van der Waals surface area contributed by atoms with Crippen molar-refractivity contribution in [2.75, 3.05) is 32.1 Å². The Labute approximate surface area is 217 Å². The highest BCUT2D eigenvalue weighted by Gasteiger charge is 2.47. The summed E-state index contributed by atoms with van der Waals surface area (Å²) in [5, 5.41) is 9.24. The van der Waals surface area contributed by atoms with Gasteiger partial charge in [0, 0.05) is 54.4 Å². The molecule has 0 aliphatic heterocycles. The highest BCUT2D eigenvalue weighted by Crippen LogP contribution is 2.48. The number of para-hydroxylation sites is 1. The van der Waals surface area contributed by atoms with E-state index in [-0.39, 0.29) is 23.3 Å². The van der Waals surface area contributed by atoms with E-state index in [1.807, 2.05) is 31.3 Å². The van der Waals surface area contributed by atoms with Crippen molar-refractivity contribution in [3.05, 3.63) is 71.3 Å². The third-order valence-corrected chi connectivity index (χ3v) is 6.62.